The zero-order chi connectivity index (χ0) is 12.8. The van der Waals surface area contributed by atoms with Crippen LogP contribution >= 0.6 is 0 Å². The number of nitrogens with zero attached hydrogens (tertiary/aromatic N) is 3. The topological polar surface area (TPSA) is 50.7 Å². The average molecular weight is 242 g/mol. The molecule has 0 bridgehead atoms. The summed E-state index contributed by atoms with van der Waals surface area (Å²) in [5.41, 5.74) is 3.41. The third kappa shape index (κ3) is 3.03. The minimum Gasteiger partial charge on any atom is -0.370 e. The summed E-state index contributed by atoms with van der Waals surface area (Å²) < 4.78 is 0. The van der Waals surface area contributed by atoms with E-state index in [0.29, 0.717) is 0 Å². The lowest BCUT2D eigenvalue weighted by Crippen LogP contribution is -2.07. The van der Waals surface area contributed by atoms with Gasteiger partial charge in [-0.15, -0.1) is 0 Å². The summed E-state index contributed by atoms with van der Waals surface area (Å²) in [6, 6.07) is 4.03. The van der Waals surface area contributed by atoms with Crippen LogP contribution in [0.4, 0.5) is 5.82 Å². The summed E-state index contributed by atoms with van der Waals surface area (Å²) in [6.45, 7) is 5.14. The molecular formula is C14H18N4. The summed E-state index contributed by atoms with van der Waals surface area (Å²) in [5, 5.41) is 3.33. The number of anilines is 1. The number of hydrogen-bond acceptors (Lipinski definition) is 4. The molecule has 2 aromatic heterocycles. The Labute approximate surface area is 108 Å². The van der Waals surface area contributed by atoms with Crippen molar-refractivity contribution in [3.05, 3.63) is 47.7 Å². The van der Waals surface area contributed by atoms with Gasteiger partial charge >= 0.3 is 0 Å². The van der Waals surface area contributed by atoms with Crippen LogP contribution in [-0.2, 0) is 6.42 Å². The van der Waals surface area contributed by atoms with Gasteiger partial charge in [-0.05, 0) is 31.0 Å². The quantitative estimate of drug-likeness (QED) is 0.875. The molecule has 94 valence electrons. The van der Waals surface area contributed by atoms with Crippen LogP contribution < -0.4 is 5.32 Å². The van der Waals surface area contributed by atoms with Gasteiger partial charge in [0.2, 0.25) is 0 Å². The molecule has 18 heavy (non-hydrogen) atoms. The van der Waals surface area contributed by atoms with E-state index in [1.165, 1.54) is 5.56 Å². The van der Waals surface area contributed by atoms with Crippen molar-refractivity contribution >= 4 is 5.82 Å². The van der Waals surface area contributed by atoms with E-state index in [2.05, 4.69) is 34.1 Å². The molecule has 0 aliphatic carbocycles. The van der Waals surface area contributed by atoms with Crippen molar-refractivity contribution in [1.82, 2.24) is 15.0 Å². The Hall–Kier alpha value is -1.97. The van der Waals surface area contributed by atoms with Gasteiger partial charge in [0, 0.05) is 30.9 Å². The fourth-order valence-electron chi connectivity index (χ4n) is 1.78. The predicted molar refractivity (Wildman–Crippen MR) is 72.6 cm³/mol. The van der Waals surface area contributed by atoms with E-state index in [-0.39, 0.29) is 0 Å². The van der Waals surface area contributed by atoms with Crippen molar-refractivity contribution in [2.45, 2.75) is 26.7 Å². The first-order valence-corrected chi connectivity index (χ1v) is 6.24. The monoisotopic (exact) mass is 242 g/mol. The molecule has 0 fully saturated rings. The van der Waals surface area contributed by atoms with E-state index in [0.717, 1.165) is 36.5 Å². The lowest BCUT2D eigenvalue weighted by Gasteiger charge is -2.10. The van der Waals surface area contributed by atoms with Crippen molar-refractivity contribution in [1.29, 1.82) is 0 Å². The van der Waals surface area contributed by atoms with E-state index in [1.807, 2.05) is 24.5 Å². The van der Waals surface area contributed by atoms with Crippen LogP contribution in [0.25, 0.3) is 0 Å². The van der Waals surface area contributed by atoms with Gasteiger partial charge < -0.3 is 5.32 Å². The molecule has 4 nitrogen and oxygen atoms in total. The molecule has 0 spiro atoms. The number of aromatic nitrogens is 3. The molecule has 2 heterocycles. The fourth-order valence-corrected chi connectivity index (χ4v) is 1.78. The SMILES string of the molecule is CCCNc1ncnc(Cc2ccncc2)c1C. The van der Waals surface area contributed by atoms with Crippen LogP contribution in [0, 0.1) is 6.92 Å². The van der Waals surface area contributed by atoms with E-state index in [9.17, 15) is 0 Å². The highest BCUT2D eigenvalue weighted by molar-refractivity contribution is 5.45. The van der Waals surface area contributed by atoms with E-state index in [4.69, 9.17) is 0 Å². The maximum Gasteiger partial charge on any atom is 0.132 e. The van der Waals surface area contributed by atoms with E-state index in [1.54, 1.807) is 6.33 Å². The van der Waals surface area contributed by atoms with Crippen molar-refractivity contribution in [3.63, 3.8) is 0 Å². The number of nitrogens with one attached hydrogen (secondary N) is 1. The highest BCUT2D eigenvalue weighted by atomic mass is 15.0. The van der Waals surface area contributed by atoms with Gasteiger partial charge in [-0.25, -0.2) is 9.97 Å². The molecular weight excluding hydrogens is 224 g/mol. The second-order valence-corrected chi connectivity index (χ2v) is 4.25. The minimum absolute atomic E-state index is 0.817. The number of rotatable bonds is 5. The van der Waals surface area contributed by atoms with Crippen LogP contribution in [0.3, 0.4) is 0 Å². The predicted octanol–water partition coefficient (Wildman–Crippen LogP) is 2.59. The standard InChI is InChI=1S/C14H18N4/c1-3-6-16-14-11(2)13(17-10-18-14)9-12-4-7-15-8-5-12/h4-5,7-8,10H,3,6,9H2,1-2H3,(H,16,17,18). The first-order valence-electron chi connectivity index (χ1n) is 6.24. The van der Waals surface area contributed by atoms with E-state index < -0.39 is 0 Å². The zero-order valence-corrected chi connectivity index (χ0v) is 10.8. The molecule has 0 amide bonds. The molecule has 0 aromatic carbocycles. The molecule has 1 N–H and O–H groups in total. The Morgan fingerprint density at radius 3 is 2.67 bits per heavy atom. The summed E-state index contributed by atoms with van der Waals surface area (Å²) in [7, 11) is 0. The van der Waals surface area contributed by atoms with Crippen molar-refractivity contribution in [3.8, 4) is 0 Å². The largest absolute Gasteiger partial charge is 0.370 e. The second kappa shape index (κ2) is 6.10. The summed E-state index contributed by atoms with van der Waals surface area (Å²) in [4.78, 5) is 12.7. The third-order valence-electron chi connectivity index (χ3n) is 2.85. The summed E-state index contributed by atoms with van der Waals surface area (Å²) in [5.74, 6) is 0.941. The smallest absolute Gasteiger partial charge is 0.132 e. The minimum atomic E-state index is 0.817. The number of pyridine rings is 1. The third-order valence-corrected chi connectivity index (χ3v) is 2.85. The molecule has 0 unspecified atom stereocenters. The zero-order valence-electron chi connectivity index (χ0n) is 10.8. The van der Waals surface area contributed by atoms with Gasteiger partial charge in [0.25, 0.3) is 0 Å². The van der Waals surface area contributed by atoms with Gasteiger partial charge in [-0.2, -0.15) is 0 Å². The van der Waals surface area contributed by atoms with Crippen LogP contribution in [0.2, 0.25) is 0 Å². The Morgan fingerprint density at radius 1 is 1.17 bits per heavy atom. The highest BCUT2D eigenvalue weighted by Gasteiger charge is 2.07. The molecule has 0 aliphatic heterocycles. The van der Waals surface area contributed by atoms with Crippen molar-refractivity contribution in [2.75, 3.05) is 11.9 Å². The first-order chi connectivity index (χ1) is 8.81. The average Bonchev–Trinajstić information content (AvgIpc) is 2.41. The molecule has 2 rings (SSSR count). The molecule has 2 aromatic rings. The number of hydrogen-bond donors (Lipinski definition) is 1. The first kappa shape index (κ1) is 12.5. The van der Waals surface area contributed by atoms with Gasteiger partial charge in [0.15, 0.2) is 0 Å². The normalized spacial score (nSPS) is 10.3. The van der Waals surface area contributed by atoms with E-state index >= 15 is 0 Å². The van der Waals surface area contributed by atoms with Crippen LogP contribution in [-0.4, -0.2) is 21.5 Å². The summed E-state index contributed by atoms with van der Waals surface area (Å²) in [6.07, 6.45) is 7.15. The molecule has 0 saturated heterocycles. The Balaban J connectivity index is 2.18. The molecule has 0 radical (unpaired) electrons. The Morgan fingerprint density at radius 2 is 1.94 bits per heavy atom. The maximum atomic E-state index is 4.37. The Bertz CT molecular complexity index is 496. The Kier molecular flexibility index (Phi) is 4.23. The molecule has 0 atom stereocenters. The van der Waals surface area contributed by atoms with Gasteiger partial charge in [0.05, 0.1) is 5.69 Å². The van der Waals surface area contributed by atoms with Crippen LogP contribution in [0.1, 0.15) is 30.2 Å². The maximum absolute atomic E-state index is 4.37. The second-order valence-electron chi connectivity index (χ2n) is 4.25. The van der Waals surface area contributed by atoms with Gasteiger partial charge in [0.1, 0.15) is 12.1 Å². The lowest BCUT2D eigenvalue weighted by atomic mass is 10.1. The fraction of sp³-hybridized carbons (Fsp3) is 0.357. The van der Waals surface area contributed by atoms with Gasteiger partial charge in [-0.3, -0.25) is 4.98 Å². The molecule has 4 heteroatoms. The van der Waals surface area contributed by atoms with Crippen molar-refractivity contribution in [2.24, 2.45) is 0 Å². The van der Waals surface area contributed by atoms with Crippen LogP contribution in [0.15, 0.2) is 30.9 Å². The van der Waals surface area contributed by atoms with Crippen LogP contribution in [0.5, 0.6) is 0 Å². The van der Waals surface area contributed by atoms with Crippen molar-refractivity contribution < 1.29 is 0 Å². The summed E-state index contributed by atoms with van der Waals surface area (Å²) >= 11 is 0. The lowest BCUT2D eigenvalue weighted by molar-refractivity contribution is 0.940. The molecule has 0 aliphatic rings. The molecule has 0 saturated carbocycles. The highest BCUT2D eigenvalue weighted by Crippen LogP contribution is 2.16. The van der Waals surface area contributed by atoms with Gasteiger partial charge in [-0.1, -0.05) is 6.92 Å².